The first-order valence-corrected chi connectivity index (χ1v) is 7.53. The fourth-order valence-corrected chi connectivity index (χ4v) is 2.40. The summed E-state index contributed by atoms with van der Waals surface area (Å²) < 4.78 is 1.72. The van der Waals surface area contributed by atoms with Gasteiger partial charge in [0.25, 0.3) is 5.91 Å². The van der Waals surface area contributed by atoms with Gasteiger partial charge in [-0.2, -0.15) is 5.10 Å². The molecule has 1 unspecified atom stereocenters. The van der Waals surface area contributed by atoms with Crippen LogP contribution < -0.4 is 5.32 Å². The fourth-order valence-electron chi connectivity index (χ4n) is 2.40. The van der Waals surface area contributed by atoms with Crippen LogP contribution in [-0.4, -0.2) is 32.8 Å². The Morgan fingerprint density at radius 2 is 2.09 bits per heavy atom. The van der Waals surface area contributed by atoms with E-state index >= 15 is 0 Å². The lowest BCUT2D eigenvalue weighted by Gasteiger charge is -2.17. The standard InChI is InChI=1S/C17H21N3O3/c1-11(2)9-14(17(22)23)19-16(21)13-5-6-15(12(3)10-13)20-8-4-7-18-20/h4-8,10-11,14H,9H2,1-3H3,(H,19,21)(H,22,23). The molecule has 1 aromatic carbocycles. The summed E-state index contributed by atoms with van der Waals surface area (Å²) in [5.41, 5.74) is 2.20. The van der Waals surface area contributed by atoms with Crippen molar-refractivity contribution in [3.05, 3.63) is 47.8 Å². The van der Waals surface area contributed by atoms with Crippen LogP contribution in [0.3, 0.4) is 0 Å². The van der Waals surface area contributed by atoms with Crippen LogP contribution in [0.2, 0.25) is 0 Å². The van der Waals surface area contributed by atoms with E-state index in [1.165, 1.54) is 0 Å². The van der Waals surface area contributed by atoms with E-state index in [9.17, 15) is 14.7 Å². The summed E-state index contributed by atoms with van der Waals surface area (Å²) in [4.78, 5) is 23.5. The van der Waals surface area contributed by atoms with E-state index in [0.717, 1.165) is 11.3 Å². The molecule has 0 saturated heterocycles. The van der Waals surface area contributed by atoms with Crippen molar-refractivity contribution in [1.82, 2.24) is 15.1 Å². The average molecular weight is 315 g/mol. The summed E-state index contributed by atoms with van der Waals surface area (Å²) in [5, 5.41) is 16.0. The number of hydrogen-bond acceptors (Lipinski definition) is 3. The molecule has 6 heteroatoms. The maximum atomic E-state index is 12.3. The maximum absolute atomic E-state index is 12.3. The highest BCUT2D eigenvalue weighted by Gasteiger charge is 2.22. The Kier molecular flexibility index (Phi) is 5.16. The SMILES string of the molecule is Cc1cc(C(=O)NC(CC(C)C)C(=O)O)ccc1-n1cccn1. The number of rotatable bonds is 6. The van der Waals surface area contributed by atoms with Crippen molar-refractivity contribution in [3.63, 3.8) is 0 Å². The molecule has 2 rings (SSSR count). The van der Waals surface area contributed by atoms with Crippen molar-refractivity contribution in [1.29, 1.82) is 0 Å². The van der Waals surface area contributed by atoms with E-state index < -0.39 is 12.0 Å². The molecule has 0 aliphatic rings. The minimum absolute atomic E-state index is 0.181. The van der Waals surface area contributed by atoms with Gasteiger partial charge in [0.05, 0.1) is 5.69 Å². The highest BCUT2D eigenvalue weighted by Crippen LogP contribution is 2.15. The Morgan fingerprint density at radius 1 is 1.35 bits per heavy atom. The number of hydrogen-bond donors (Lipinski definition) is 2. The van der Waals surface area contributed by atoms with Crippen LogP contribution in [0.1, 0.15) is 36.2 Å². The van der Waals surface area contributed by atoms with Crippen molar-refractivity contribution in [2.45, 2.75) is 33.2 Å². The van der Waals surface area contributed by atoms with E-state index in [0.29, 0.717) is 12.0 Å². The van der Waals surface area contributed by atoms with Gasteiger partial charge in [-0.3, -0.25) is 4.79 Å². The van der Waals surface area contributed by atoms with E-state index in [1.54, 1.807) is 29.1 Å². The van der Waals surface area contributed by atoms with Gasteiger partial charge in [0.15, 0.2) is 0 Å². The molecule has 0 saturated carbocycles. The second kappa shape index (κ2) is 7.09. The van der Waals surface area contributed by atoms with Gasteiger partial charge >= 0.3 is 5.97 Å². The second-order valence-electron chi connectivity index (χ2n) is 5.95. The maximum Gasteiger partial charge on any atom is 0.326 e. The lowest BCUT2D eigenvalue weighted by Crippen LogP contribution is -2.41. The third-order valence-corrected chi connectivity index (χ3v) is 3.52. The van der Waals surface area contributed by atoms with Gasteiger partial charge in [0, 0.05) is 18.0 Å². The number of nitrogens with zero attached hydrogens (tertiary/aromatic N) is 2. The average Bonchev–Trinajstić information content (AvgIpc) is 2.99. The molecule has 1 atom stereocenters. The topological polar surface area (TPSA) is 84.2 Å². The number of nitrogens with one attached hydrogen (secondary N) is 1. The summed E-state index contributed by atoms with van der Waals surface area (Å²) in [6, 6.07) is 6.15. The van der Waals surface area contributed by atoms with E-state index in [2.05, 4.69) is 10.4 Å². The van der Waals surface area contributed by atoms with Crippen molar-refractivity contribution in [2.75, 3.05) is 0 Å². The largest absolute Gasteiger partial charge is 0.480 e. The summed E-state index contributed by atoms with van der Waals surface area (Å²) in [5.74, 6) is -1.22. The minimum Gasteiger partial charge on any atom is -0.480 e. The van der Waals surface area contributed by atoms with Gasteiger partial charge in [-0.05, 0) is 49.1 Å². The molecule has 2 N–H and O–H groups in total. The molecule has 2 aromatic rings. The first kappa shape index (κ1) is 16.7. The first-order valence-electron chi connectivity index (χ1n) is 7.53. The van der Waals surface area contributed by atoms with Gasteiger partial charge < -0.3 is 10.4 Å². The van der Waals surface area contributed by atoms with Crippen LogP contribution in [0.5, 0.6) is 0 Å². The fraction of sp³-hybridized carbons (Fsp3) is 0.353. The molecule has 122 valence electrons. The van der Waals surface area contributed by atoms with Gasteiger partial charge in [-0.1, -0.05) is 13.8 Å². The number of carbonyl (C=O) groups excluding carboxylic acids is 1. The van der Waals surface area contributed by atoms with Crippen LogP contribution in [0.4, 0.5) is 0 Å². The Labute approximate surface area is 135 Å². The molecule has 1 amide bonds. The van der Waals surface area contributed by atoms with Crippen molar-refractivity contribution in [3.8, 4) is 5.69 Å². The predicted octanol–water partition coefficient (Wildman–Crippen LogP) is 2.41. The van der Waals surface area contributed by atoms with Crippen LogP contribution in [0, 0.1) is 12.8 Å². The summed E-state index contributed by atoms with van der Waals surface area (Å²) >= 11 is 0. The van der Waals surface area contributed by atoms with Gasteiger partial charge in [-0.15, -0.1) is 0 Å². The predicted molar refractivity (Wildman–Crippen MR) is 86.6 cm³/mol. The summed E-state index contributed by atoms with van der Waals surface area (Å²) in [6.07, 6.45) is 3.90. The molecule has 0 aliphatic carbocycles. The van der Waals surface area contributed by atoms with Crippen LogP contribution in [0.25, 0.3) is 5.69 Å². The quantitative estimate of drug-likeness (QED) is 0.857. The molecule has 0 fully saturated rings. The number of aromatic nitrogens is 2. The van der Waals surface area contributed by atoms with Crippen LogP contribution in [-0.2, 0) is 4.79 Å². The normalized spacial score (nSPS) is 12.2. The molecule has 0 bridgehead atoms. The van der Waals surface area contributed by atoms with Gasteiger partial charge in [0.2, 0.25) is 0 Å². The zero-order valence-corrected chi connectivity index (χ0v) is 13.5. The lowest BCUT2D eigenvalue weighted by molar-refractivity contribution is -0.139. The Bertz CT molecular complexity index is 693. The molecule has 6 nitrogen and oxygen atoms in total. The smallest absolute Gasteiger partial charge is 0.326 e. The minimum atomic E-state index is -1.02. The molecular weight excluding hydrogens is 294 g/mol. The zero-order valence-electron chi connectivity index (χ0n) is 13.5. The number of aryl methyl sites for hydroxylation is 1. The third kappa shape index (κ3) is 4.18. The van der Waals surface area contributed by atoms with E-state index in [1.807, 2.05) is 33.0 Å². The van der Waals surface area contributed by atoms with Crippen LogP contribution >= 0.6 is 0 Å². The first-order chi connectivity index (χ1) is 10.9. The number of amides is 1. The number of carboxylic acids is 1. The highest BCUT2D eigenvalue weighted by atomic mass is 16.4. The van der Waals surface area contributed by atoms with Crippen molar-refractivity contribution >= 4 is 11.9 Å². The molecule has 0 aliphatic heterocycles. The zero-order chi connectivity index (χ0) is 17.0. The molecular formula is C17H21N3O3. The second-order valence-corrected chi connectivity index (χ2v) is 5.95. The van der Waals surface area contributed by atoms with Crippen LogP contribution in [0.15, 0.2) is 36.7 Å². The number of carbonyl (C=O) groups is 2. The summed E-state index contributed by atoms with van der Waals surface area (Å²) in [7, 11) is 0. The number of aliphatic carboxylic acids is 1. The third-order valence-electron chi connectivity index (χ3n) is 3.52. The van der Waals surface area contributed by atoms with Crippen molar-refractivity contribution in [2.24, 2.45) is 5.92 Å². The van der Waals surface area contributed by atoms with E-state index in [-0.39, 0.29) is 11.8 Å². The van der Waals surface area contributed by atoms with Gasteiger partial charge in [0.1, 0.15) is 6.04 Å². The lowest BCUT2D eigenvalue weighted by atomic mass is 10.0. The molecule has 23 heavy (non-hydrogen) atoms. The number of carboxylic acid groups (broad SMARTS) is 1. The van der Waals surface area contributed by atoms with Crippen molar-refractivity contribution < 1.29 is 14.7 Å². The molecule has 1 aromatic heterocycles. The monoisotopic (exact) mass is 315 g/mol. The highest BCUT2D eigenvalue weighted by molar-refractivity contribution is 5.97. The Morgan fingerprint density at radius 3 is 2.61 bits per heavy atom. The number of benzene rings is 1. The summed E-state index contributed by atoms with van der Waals surface area (Å²) in [6.45, 7) is 5.73. The van der Waals surface area contributed by atoms with Gasteiger partial charge in [-0.25, -0.2) is 9.48 Å². The Hall–Kier alpha value is -2.63. The molecule has 1 heterocycles. The molecule has 0 spiro atoms. The Balaban J connectivity index is 2.16. The molecule has 0 radical (unpaired) electrons. The van der Waals surface area contributed by atoms with E-state index in [4.69, 9.17) is 0 Å².